The molecule has 1 aromatic rings. The highest BCUT2D eigenvalue weighted by molar-refractivity contribution is 6.41. The third-order valence-corrected chi connectivity index (χ3v) is 1.67. The minimum atomic E-state index is -0.101. The summed E-state index contributed by atoms with van der Waals surface area (Å²) in [4.78, 5) is 0. The number of nitrogens with zero attached hydrogens (tertiary/aromatic N) is 2. The summed E-state index contributed by atoms with van der Waals surface area (Å²) >= 11 is 5.86. The quantitative estimate of drug-likeness (QED) is 0.462. The number of hydrogen-bond acceptors (Lipinski definition) is 2. The lowest BCUT2D eigenvalue weighted by molar-refractivity contribution is 1.22. The standard InChI is InChI=1S/C10H11ClN4/c11-9(7-14-15-10(12)13)6-8-4-2-1-3-5-8/h1-7H,(H4,12,13,15). The molecule has 0 aromatic heterocycles. The third kappa shape index (κ3) is 4.83. The van der Waals surface area contributed by atoms with E-state index in [0.717, 1.165) is 5.56 Å². The van der Waals surface area contributed by atoms with Crippen LogP contribution in [0.15, 0.2) is 45.6 Å². The maximum Gasteiger partial charge on any atom is 0.211 e. The second-order valence-electron chi connectivity index (χ2n) is 2.71. The number of allylic oxidation sites excluding steroid dienone is 1. The van der Waals surface area contributed by atoms with Gasteiger partial charge in [0.05, 0.1) is 11.2 Å². The molecular weight excluding hydrogens is 212 g/mol. The van der Waals surface area contributed by atoms with E-state index in [2.05, 4.69) is 10.2 Å². The van der Waals surface area contributed by atoms with Crippen LogP contribution in [-0.4, -0.2) is 12.2 Å². The molecule has 0 heterocycles. The van der Waals surface area contributed by atoms with E-state index in [0.29, 0.717) is 5.03 Å². The average Bonchev–Trinajstić information content (AvgIpc) is 2.18. The molecule has 0 amide bonds. The molecule has 0 saturated heterocycles. The Kier molecular flexibility index (Phi) is 4.37. The zero-order valence-electron chi connectivity index (χ0n) is 7.97. The molecule has 0 aliphatic rings. The Balaban J connectivity index is 2.69. The van der Waals surface area contributed by atoms with Gasteiger partial charge in [-0.3, -0.25) is 0 Å². The van der Waals surface area contributed by atoms with Gasteiger partial charge in [0.15, 0.2) is 0 Å². The highest BCUT2D eigenvalue weighted by Crippen LogP contribution is 2.07. The molecule has 0 atom stereocenters. The summed E-state index contributed by atoms with van der Waals surface area (Å²) in [5.74, 6) is -0.101. The molecule has 78 valence electrons. The van der Waals surface area contributed by atoms with Crippen molar-refractivity contribution in [2.24, 2.45) is 21.7 Å². The first kappa shape index (κ1) is 11.3. The normalized spacial score (nSPS) is 11.7. The van der Waals surface area contributed by atoms with E-state index in [4.69, 9.17) is 23.1 Å². The Morgan fingerprint density at radius 3 is 2.47 bits per heavy atom. The Hall–Kier alpha value is -1.81. The summed E-state index contributed by atoms with van der Waals surface area (Å²) in [6.45, 7) is 0. The summed E-state index contributed by atoms with van der Waals surface area (Å²) in [5.41, 5.74) is 11.2. The minimum Gasteiger partial charge on any atom is -0.369 e. The van der Waals surface area contributed by atoms with E-state index >= 15 is 0 Å². The second kappa shape index (κ2) is 5.82. The van der Waals surface area contributed by atoms with Crippen LogP contribution in [0, 0.1) is 0 Å². The van der Waals surface area contributed by atoms with Gasteiger partial charge >= 0.3 is 0 Å². The number of guanidine groups is 1. The highest BCUT2D eigenvalue weighted by Gasteiger charge is 1.88. The lowest BCUT2D eigenvalue weighted by Gasteiger charge is -1.91. The maximum atomic E-state index is 5.86. The molecule has 0 radical (unpaired) electrons. The van der Waals surface area contributed by atoms with Crippen LogP contribution in [0.3, 0.4) is 0 Å². The van der Waals surface area contributed by atoms with Gasteiger partial charge in [-0.15, -0.1) is 5.10 Å². The molecule has 1 aromatic carbocycles. The lowest BCUT2D eigenvalue weighted by atomic mass is 10.2. The Morgan fingerprint density at radius 1 is 1.20 bits per heavy atom. The van der Waals surface area contributed by atoms with Crippen LogP contribution in [-0.2, 0) is 0 Å². The van der Waals surface area contributed by atoms with E-state index < -0.39 is 0 Å². The van der Waals surface area contributed by atoms with Gasteiger partial charge in [-0.05, 0) is 11.6 Å². The van der Waals surface area contributed by atoms with Crippen LogP contribution in [0.4, 0.5) is 0 Å². The van der Waals surface area contributed by atoms with Gasteiger partial charge in [0.25, 0.3) is 0 Å². The summed E-state index contributed by atoms with van der Waals surface area (Å²) in [7, 11) is 0. The predicted octanol–water partition coefficient (Wildman–Crippen LogP) is 1.53. The Bertz CT molecular complexity index is 391. The van der Waals surface area contributed by atoms with Gasteiger partial charge in [0, 0.05) is 0 Å². The van der Waals surface area contributed by atoms with Crippen LogP contribution >= 0.6 is 11.6 Å². The van der Waals surface area contributed by atoms with Crippen LogP contribution < -0.4 is 11.5 Å². The van der Waals surface area contributed by atoms with Crippen molar-refractivity contribution >= 4 is 29.9 Å². The van der Waals surface area contributed by atoms with Crippen molar-refractivity contribution < 1.29 is 0 Å². The molecule has 0 aliphatic carbocycles. The average molecular weight is 223 g/mol. The van der Waals surface area contributed by atoms with E-state index in [9.17, 15) is 0 Å². The highest BCUT2D eigenvalue weighted by atomic mass is 35.5. The van der Waals surface area contributed by atoms with Crippen molar-refractivity contribution in [3.63, 3.8) is 0 Å². The smallest absolute Gasteiger partial charge is 0.211 e. The Labute approximate surface area is 92.9 Å². The fraction of sp³-hybridized carbons (Fsp3) is 0. The van der Waals surface area contributed by atoms with Crippen LogP contribution in [0.25, 0.3) is 6.08 Å². The van der Waals surface area contributed by atoms with Crippen molar-refractivity contribution in [3.8, 4) is 0 Å². The molecule has 0 unspecified atom stereocenters. The lowest BCUT2D eigenvalue weighted by Crippen LogP contribution is -2.21. The van der Waals surface area contributed by atoms with Gasteiger partial charge in [-0.25, -0.2) is 0 Å². The summed E-state index contributed by atoms with van der Waals surface area (Å²) in [6, 6.07) is 9.62. The van der Waals surface area contributed by atoms with E-state index in [1.54, 1.807) is 6.08 Å². The topological polar surface area (TPSA) is 76.8 Å². The molecule has 1 rings (SSSR count). The number of hydrogen-bond donors (Lipinski definition) is 2. The molecule has 0 bridgehead atoms. The fourth-order valence-electron chi connectivity index (χ4n) is 0.896. The predicted molar refractivity (Wildman–Crippen MR) is 64.6 cm³/mol. The van der Waals surface area contributed by atoms with Gasteiger partial charge in [0.1, 0.15) is 0 Å². The van der Waals surface area contributed by atoms with Crippen LogP contribution in [0.1, 0.15) is 5.56 Å². The number of benzene rings is 1. The monoisotopic (exact) mass is 222 g/mol. The molecule has 0 fully saturated rings. The number of rotatable bonds is 3. The van der Waals surface area contributed by atoms with Crippen molar-refractivity contribution in [1.82, 2.24) is 0 Å². The first-order chi connectivity index (χ1) is 7.18. The van der Waals surface area contributed by atoms with Crippen LogP contribution in [0.2, 0.25) is 0 Å². The van der Waals surface area contributed by atoms with Gasteiger partial charge in [-0.1, -0.05) is 41.9 Å². The zero-order valence-corrected chi connectivity index (χ0v) is 8.72. The Morgan fingerprint density at radius 2 is 1.87 bits per heavy atom. The molecule has 0 saturated carbocycles. The zero-order chi connectivity index (χ0) is 11.1. The first-order valence-electron chi connectivity index (χ1n) is 4.22. The fourth-order valence-corrected chi connectivity index (χ4v) is 1.07. The SMILES string of the molecule is NC(N)=NN=CC(Cl)=Cc1ccccc1. The summed E-state index contributed by atoms with van der Waals surface area (Å²) in [5, 5.41) is 7.45. The molecule has 5 heteroatoms. The maximum absolute atomic E-state index is 5.86. The van der Waals surface area contributed by atoms with E-state index in [1.165, 1.54) is 6.21 Å². The summed E-state index contributed by atoms with van der Waals surface area (Å²) in [6.07, 6.45) is 3.13. The largest absolute Gasteiger partial charge is 0.369 e. The summed E-state index contributed by atoms with van der Waals surface area (Å²) < 4.78 is 0. The van der Waals surface area contributed by atoms with Crippen molar-refractivity contribution in [2.75, 3.05) is 0 Å². The van der Waals surface area contributed by atoms with Gasteiger partial charge < -0.3 is 11.5 Å². The van der Waals surface area contributed by atoms with E-state index in [-0.39, 0.29) is 5.96 Å². The van der Waals surface area contributed by atoms with Crippen molar-refractivity contribution in [3.05, 3.63) is 40.9 Å². The number of nitrogens with two attached hydrogens (primary N) is 2. The molecular formula is C10H11ClN4. The van der Waals surface area contributed by atoms with Gasteiger partial charge in [0.2, 0.25) is 5.96 Å². The molecule has 0 aliphatic heterocycles. The molecule has 15 heavy (non-hydrogen) atoms. The molecule has 0 spiro atoms. The minimum absolute atomic E-state index is 0.101. The number of halogens is 1. The van der Waals surface area contributed by atoms with Crippen molar-refractivity contribution in [2.45, 2.75) is 0 Å². The molecule has 4 N–H and O–H groups in total. The molecule has 4 nitrogen and oxygen atoms in total. The van der Waals surface area contributed by atoms with Crippen LogP contribution in [0.5, 0.6) is 0 Å². The third-order valence-electron chi connectivity index (χ3n) is 1.46. The van der Waals surface area contributed by atoms with E-state index in [1.807, 2.05) is 30.3 Å². The van der Waals surface area contributed by atoms with Crippen molar-refractivity contribution in [1.29, 1.82) is 0 Å². The second-order valence-corrected chi connectivity index (χ2v) is 3.15. The van der Waals surface area contributed by atoms with Gasteiger partial charge in [-0.2, -0.15) is 5.10 Å². The first-order valence-corrected chi connectivity index (χ1v) is 4.60.